The van der Waals surface area contributed by atoms with Gasteiger partial charge in [0.25, 0.3) is 0 Å². The van der Waals surface area contributed by atoms with Gasteiger partial charge in [0.15, 0.2) is 0 Å². The van der Waals surface area contributed by atoms with E-state index in [1.165, 1.54) is 12.8 Å². The van der Waals surface area contributed by atoms with Crippen LogP contribution in [0.1, 0.15) is 44.3 Å². The molecule has 0 aromatic carbocycles. The van der Waals surface area contributed by atoms with E-state index in [9.17, 15) is 4.79 Å². The minimum absolute atomic E-state index is 0.257. The molecule has 1 spiro atoms. The van der Waals surface area contributed by atoms with Gasteiger partial charge in [0, 0.05) is 19.6 Å². The average Bonchev–Trinajstić information content (AvgIpc) is 3.13. The number of hydrogen-bond donors (Lipinski definition) is 0. The van der Waals surface area contributed by atoms with Crippen LogP contribution in [0.4, 0.5) is 0 Å². The summed E-state index contributed by atoms with van der Waals surface area (Å²) in [6, 6.07) is 0.534. The van der Waals surface area contributed by atoms with Crippen LogP contribution in [0, 0.1) is 0 Å². The molecule has 6 heteroatoms. The van der Waals surface area contributed by atoms with E-state index in [0.29, 0.717) is 11.9 Å². The van der Waals surface area contributed by atoms with Crippen molar-refractivity contribution in [3.8, 4) is 0 Å². The molecule has 1 amide bonds. The van der Waals surface area contributed by atoms with Gasteiger partial charge in [0.2, 0.25) is 5.91 Å². The van der Waals surface area contributed by atoms with Gasteiger partial charge >= 0.3 is 0 Å². The van der Waals surface area contributed by atoms with Gasteiger partial charge in [-0.25, -0.2) is 0 Å². The van der Waals surface area contributed by atoms with Crippen molar-refractivity contribution in [1.29, 1.82) is 0 Å². The van der Waals surface area contributed by atoms with E-state index in [0.717, 1.165) is 51.1 Å². The molecule has 2 aliphatic heterocycles. The predicted octanol–water partition coefficient (Wildman–Crippen LogP) is 0.934. The first-order valence-corrected chi connectivity index (χ1v) is 8.10. The van der Waals surface area contributed by atoms with Gasteiger partial charge in [-0.2, -0.15) is 0 Å². The fourth-order valence-electron chi connectivity index (χ4n) is 4.06. The average molecular weight is 289 g/mol. The van der Waals surface area contributed by atoms with Gasteiger partial charge in [-0.15, -0.1) is 10.2 Å². The number of rotatable bonds is 3. The van der Waals surface area contributed by atoms with Gasteiger partial charge in [0.05, 0.1) is 6.54 Å². The van der Waals surface area contributed by atoms with Crippen molar-refractivity contribution in [2.45, 2.75) is 56.7 Å². The highest BCUT2D eigenvalue weighted by Gasteiger charge is 2.53. The smallest absolute Gasteiger partial charge is 0.243 e. The van der Waals surface area contributed by atoms with E-state index in [-0.39, 0.29) is 5.54 Å². The normalized spacial score (nSPS) is 30.5. The van der Waals surface area contributed by atoms with Crippen LogP contribution >= 0.6 is 0 Å². The SMILES string of the molecule is Cn1cnnc1CN1CCCC12CCCN(C1CC1)C2=O. The summed E-state index contributed by atoms with van der Waals surface area (Å²) in [6.45, 7) is 2.70. The van der Waals surface area contributed by atoms with E-state index in [4.69, 9.17) is 0 Å². The lowest BCUT2D eigenvalue weighted by molar-refractivity contribution is -0.148. The second kappa shape index (κ2) is 4.80. The third kappa shape index (κ3) is 2.08. The summed E-state index contributed by atoms with van der Waals surface area (Å²) in [6.07, 6.45) is 8.40. The number of aryl methyl sites for hydroxylation is 1. The zero-order valence-corrected chi connectivity index (χ0v) is 12.7. The highest BCUT2D eigenvalue weighted by atomic mass is 16.2. The molecule has 1 unspecified atom stereocenters. The lowest BCUT2D eigenvalue weighted by Gasteiger charge is -2.44. The Labute approximate surface area is 125 Å². The largest absolute Gasteiger partial charge is 0.338 e. The molecule has 2 saturated heterocycles. The maximum absolute atomic E-state index is 13.1. The Balaban J connectivity index is 1.59. The Kier molecular flexibility index (Phi) is 3.03. The van der Waals surface area contributed by atoms with Crippen LogP contribution in [0.25, 0.3) is 0 Å². The highest BCUT2D eigenvalue weighted by molar-refractivity contribution is 5.88. The van der Waals surface area contributed by atoms with Crippen LogP contribution in [0.3, 0.4) is 0 Å². The Morgan fingerprint density at radius 2 is 2.05 bits per heavy atom. The van der Waals surface area contributed by atoms with Crippen molar-refractivity contribution < 1.29 is 4.79 Å². The van der Waals surface area contributed by atoms with Crippen LogP contribution in [0.2, 0.25) is 0 Å². The molecule has 1 saturated carbocycles. The van der Waals surface area contributed by atoms with E-state index in [1.807, 2.05) is 11.6 Å². The number of nitrogens with zero attached hydrogens (tertiary/aromatic N) is 5. The van der Waals surface area contributed by atoms with E-state index in [2.05, 4.69) is 20.0 Å². The number of aromatic nitrogens is 3. The first kappa shape index (κ1) is 13.2. The van der Waals surface area contributed by atoms with Crippen molar-refractivity contribution in [2.75, 3.05) is 13.1 Å². The lowest BCUT2D eigenvalue weighted by Crippen LogP contribution is -2.60. The third-order valence-electron chi connectivity index (χ3n) is 5.40. The molecule has 6 nitrogen and oxygen atoms in total. The Bertz CT molecular complexity index is 552. The standard InChI is InChI=1S/C15H23N5O/c1-18-11-16-17-13(18)10-19-8-2-6-15(19)7-3-9-20(14(15)21)12-4-5-12/h11-12H,2-10H2,1H3. The fourth-order valence-corrected chi connectivity index (χ4v) is 4.06. The predicted molar refractivity (Wildman–Crippen MR) is 77.3 cm³/mol. The third-order valence-corrected chi connectivity index (χ3v) is 5.40. The number of amides is 1. The van der Waals surface area contributed by atoms with E-state index < -0.39 is 0 Å². The molecule has 3 aliphatic rings. The van der Waals surface area contributed by atoms with Crippen molar-refractivity contribution in [3.05, 3.63) is 12.2 Å². The van der Waals surface area contributed by atoms with Gasteiger partial charge in [-0.3, -0.25) is 9.69 Å². The monoisotopic (exact) mass is 289 g/mol. The van der Waals surface area contributed by atoms with E-state index in [1.54, 1.807) is 6.33 Å². The summed E-state index contributed by atoms with van der Waals surface area (Å²) in [7, 11) is 1.97. The maximum Gasteiger partial charge on any atom is 0.243 e. The van der Waals surface area contributed by atoms with Crippen LogP contribution in [-0.2, 0) is 18.4 Å². The summed E-state index contributed by atoms with van der Waals surface area (Å²) < 4.78 is 1.96. The first-order chi connectivity index (χ1) is 10.2. The van der Waals surface area contributed by atoms with Crippen LogP contribution in [-0.4, -0.2) is 55.1 Å². The molecule has 1 atom stereocenters. The van der Waals surface area contributed by atoms with Gasteiger partial charge in [-0.05, 0) is 45.1 Å². The van der Waals surface area contributed by atoms with Crippen LogP contribution in [0.5, 0.6) is 0 Å². The molecule has 1 aliphatic carbocycles. The number of carbonyl (C=O) groups excluding carboxylic acids is 1. The second-order valence-electron chi connectivity index (χ2n) is 6.75. The number of likely N-dealkylation sites (tertiary alicyclic amines) is 2. The molecule has 1 aromatic rings. The lowest BCUT2D eigenvalue weighted by atomic mass is 9.85. The summed E-state index contributed by atoms with van der Waals surface area (Å²) in [5, 5.41) is 8.16. The van der Waals surface area contributed by atoms with Gasteiger partial charge in [-0.1, -0.05) is 0 Å². The van der Waals surface area contributed by atoms with Gasteiger partial charge in [0.1, 0.15) is 17.7 Å². The maximum atomic E-state index is 13.1. The molecule has 0 N–H and O–H groups in total. The van der Waals surface area contributed by atoms with Crippen molar-refractivity contribution in [2.24, 2.45) is 7.05 Å². The number of hydrogen-bond acceptors (Lipinski definition) is 4. The molecule has 0 bridgehead atoms. The summed E-state index contributed by atoms with van der Waals surface area (Å²) in [5.41, 5.74) is -0.257. The molecular weight excluding hydrogens is 266 g/mol. The summed E-state index contributed by atoms with van der Waals surface area (Å²) >= 11 is 0. The minimum Gasteiger partial charge on any atom is -0.338 e. The topological polar surface area (TPSA) is 54.3 Å². The number of piperidine rings is 1. The van der Waals surface area contributed by atoms with Crippen molar-refractivity contribution >= 4 is 5.91 Å². The molecule has 114 valence electrons. The fraction of sp³-hybridized carbons (Fsp3) is 0.800. The molecule has 21 heavy (non-hydrogen) atoms. The van der Waals surface area contributed by atoms with E-state index >= 15 is 0 Å². The highest BCUT2D eigenvalue weighted by Crippen LogP contribution is 2.42. The molecule has 3 fully saturated rings. The molecule has 1 aromatic heterocycles. The van der Waals surface area contributed by atoms with Crippen LogP contribution < -0.4 is 0 Å². The zero-order chi connectivity index (χ0) is 14.4. The molecular formula is C15H23N5O. The summed E-state index contributed by atoms with van der Waals surface area (Å²) in [4.78, 5) is 17.6. The molecule has 0 radical (unpaired) electrons. The van der Waals surface area contributed by atoms with Crippen LogP contribution in [0.15, 0.2) is 6.33 Å². The number of carbonyl (C=O) groups is 1. The zero-order valence-electron chi connectivity index (χ0n) is 12.7. The van der Waals surface area contributed by atoms with Gasteiger partial charge < -0.3 is 9.47 Å². The molecule has 4 rings (SSSR count). The minimum atomic E-state index is -0.257. The molecule has 3 heterocycles. The first-order valence-electron chi connectivity index (χ1n) is 8.10. The Morgan fingerprint density at radius 3 is 2.71 bits per heavy atom. The second-order valence-corrected chi connectivity index (χ2v) is 6.75. The Hall–Kier alpha value is -1.43. The van der Waals surface area contributed by atoms with Crippen molar-refractivity contribution in [3.63, 3.8) is 0 Å². The van der Waals surface area contributed by atoms with Crippen molar-refractivity contribution in [1.82, 2.24) is 24.6 Å². The Morgan fingerprint density at radius 1 is 1.29 bits per heavy atom. The summed E-state index contributed by atoms with van der Waals surface area (Å²) in [5.74, 6) is 1.34. The quantitative estimate of drug-likeness (QED) is 0.831.